The monoisotopic (exact) mass is 410 g/mol. The number of nitrogens with zero attached hydrogens (tertiary/aromatic N) is 5. The van der Waals surface area contributed by atoms with Crippen molar-refractivity contribution in [2.45, 2.75) is 13.5 Å². The van der Waals surface area contributed by atoms with Gasteiger partial charge in [0, 0.05) is 24.0 Å². The molecule has 1 N–H and O–H groups in total. The molecule has 4 rings (SSSR count). The summed E-state index contributed by atoms with van der Waals surface area (Å²) in [5.74, 6) is 0. The molecule has 0 spiro atoms. The molecular formula is C19H15ClN6O3. The number of nitrogens with one attached hydrogen (secondary N) is 1. The molecule has 3 heterocycles. The number of non-ortho nitro benzene ring substituents is 1. The first-order valence-electron chi connectivity index (χ1n) is 8.64. The minimum Gasteiger partial charge on any atom is -0.377 e. The van der Waals surface area contributed by atoms with Crippen LogP contribution in [-0.2, 0) is 6.54 Å². The highest BCUT2D eigenvalue weighted by molar-refractivity contribution is 6.32. The largest absolute Gasteiger partial charge is 0.377 e. The second kappa shape index (κ2) is 7.36. The highest BCUT2D eigenvalue weighted by atomic mass is 35.5. The van der Waals surface area contributed by atoms with Crippen LogP contribution in [0.4, 0.5) is 11.4 Å². The maximum Gasteiger partial charge on any atom is 0.292 e. The third kappa shape index (κ3) is 3.55. The fraction of sp³-hybridized carbons (Fsp3) is 0.105. The lowest BCUT2D eigenvalue weighted by Gasteiger charge is -2.09. The predicted molar refractivity (Wildman–Crippen MR) is 109 cm³/mol. The van der Waals surface area contributed by atoms with E-state index in [4.69, 9.17) is 11.6 Å². The molecule has 0 aliphatic rings. The van der Waals surface area contributed by atoms with Crippen LogP contribution in [0, 0.1) is 17.0 Å². The van der Waals surface area contributed by atoms with Gasteiger partial charge in [0.05, 0.1) is 34.7 Å². The van der Waals surface area contributed by atoms with Gasteiger partial charge in [0.25, 0.3) is 11.2 Å². The van der Waals surface area contributed by atoms with Gasteiger partial charge in [0.1, 0.15) is 10.7 Å². The molecule has 9 nitrogen and oxygen atoms in total. The van der Waals surface area contributed by atoms with E-state index < -0.39 is 10.5 Å². The van der Waals surface area contributed by atoms with Crippen molar-refractivity contribution >= 4 is 28.6 Å². The normalized spacial score (nSPS) is 11.0. The molecule has 0 saturated heterocycles. The Morgan fingerprint density at radius 1 is 1.21 bits per heavy atom. The molecule has 0 fully saturated rings. The van der Waals surface area contributed by atoms with Crippen LogP contribution in [0.15, 0.2) is 59.7 Å². The summed E-state index contributed by atoms with van der Waals surface area (Å²) in [6, 6.07) is 11.3. The van der Waals surface area contributed by atoms with Gasteiger partial charge in [0.2, 0.25) is 0 Å². The summed E-state index contributed by atoms with van der Waals surface area (Å²) in [6.45, 7) is 2.36. The quantitative estimate of drug-likeness (QED) is 0.399. The number of pyridine rings is 1. The summed E-state index contributed by atoms with van der Waals surface area (Å²) < 4.78 is 3.06. The van der Waals surface area contributed by atoms with Crippen LogP contribution >= 0.6 is 11.6 Å². The molecule has 0 saturated carbocycles. The molecule has 10 heteroatoms. The van der Waals surface area contributed by atoms with Crippen LogP contribution in [0.5, 0.6) is 0 Å². The van der Waals surface area contributed by atoms with E-state index in [1.165, 1.54) is 30.5 Å². The molecule has 146 valence electrons. The fourth-order valence-electron chi connectivity index (χ4n) is 2.93. The van der Waals surface area contributed by atoms with Gasteiger partial charge < -0.3 is 9.72 Å². The minimum absolute atomic E-state index is 0.0294. The Hall–Kier alpha value is -3.72. The van der Waals surface area contributed by atoms with Gasteiger partial charge in [-0.25, -0.2) is 4.98 Å². The Kier molecular flexibility index (Phi) is 4.73. The maximum absolute atomic E-state index is 12.6. The standard InChI is InChI=1S/C19H15ClN6O3/c1-12-3-2-4-17-23-13(11-24(12)17)9-21-16-10-22-25(19(27)18(16)20)14-5-7-15(8-6-14)26(28)29/h2-8,10-11,21H,9H2,1H3. The van der Waals surface area contributed by atoms with Gasteiger partial charge in [-0.1, -0.05) is 17.7 Å². The molecule has 0 unspecified atom stereocenters. The smallest absolute Gasteiger partial charge is 0.292 e. The van der Waals surface area contributed by atoms with Crippen LogP contribution in [0.25, 0.3) is 11.3 Å². The van der Waals surface area contributed by atoms with Gasteiger partial charge in [-0.3, -0.25) is 14.9 Å². The Labute approximate surface area is 169 Å². The number of hydrogen-bond donors (Lipinski definition) is 1. The lowest BCUT2D eigenvalue weighted by Crippen LogP contribution is -2.22. The van der Waals surface area contributed by atoms with E-state index in [9.17, 15) is 14.9 Å². The number of hydrogen-bond acceptors (Lipinski definition) is 6. The van der Waals surface area contributed by atoms with Crippen LogP contribution in [-0.4, -0.2) is 24.1 Å². The van der Waals surface area contributed by atoms with Crippen molar-refractivity contribution in [3.8, 4) is 5.69 Å². The number of halogens is 1. The molecule has 0 amide bonds. The Morgan fingerprint density at radius 3 is 2.66 bits per heavy atom. The molecule has 0 radical (unpaired) electrons. The van der Waals surface area contributed by atoms with E-state index in [-0.39, 0.29) is 10.7 Å². The second-order valence-corrected chi connectivity index (χ2v) is 6.72. The van der Waals surface area contributed by atoms with Gasteiger partial charge >= 0.3 is 0 Å². The first-order valence-corrected chi connectivity index (χ1v) is 9.02. The van der Waals surface area contributed by atoms with Crippen LogP contribution in [0.3, 0.4) is 0 Å². The van der Waals surface area contributed by atoms with E-state index in [0.29, 0.717) is 17.9 Å². The number of imidazole rings is 1. The number of nitro benzene ring substituents is 1. The molecule has 0 aliphatic heterocycles. The van der Waals surface area contributed by atoms with E-state index in [2.05, 4.69) is 15.4 Å². The van der Waals surface area contributed by atoms with Crippen LogP contribution in [0.2, 0.25) is 5.02 Å². The lowest BCUT2D eigenvalue weighted by atomic mass is 10.3. The fourth-order valence-corrected chi connectivity index (χ4v) is 3.12. The first kappa shape index (κ1) is 18.6. The zero-order valence-corrected chi connectivity index (χ0v) is 16.0. The third-order valence-corrected chi connectivity index (χ3v) is 4.80. The molecule has 3 aromatic heterocycles. The topological polar surface area (TPSA) is 107 Å². The van der Waals surface area contributed by atoms with Crippen molar-refractivity contribution in [2.24, 2.45) is 0 Å². The average Bonchev–Trinajstić information content (AvgIpc) is 3.14. The van der Waals surface area contributed by atoms with E-state index >= 15 is 0 Å². The van der Waals surface area contributed by atoms with Crippen molar-refractivity contribution in [2.75, 3.05) is 5.32 Å². The summed E-state index contributed by atoms with van der Waals surface area (Å²) in [7, 11) is 0. The van der Waals surface area contributed by atoms with E-state index in [1.54, 1.807) is 0 Å². The van der Waals surface area contributed by atoms with Gasteiger partial charge in [0.15, 0.2) is 0 Å². The third-order valence-electron chi connectivity index (χ3n) is 4.43. The Bertz CT molecular complexity index is 1280. The molecule has 0 atom stereocenters. The molecule has 29 heavy (non-hydrogen) atoms. The molecular weight excluding hydrogens is 396 g/mol. The number of benzene rings is 1. The number of anilines is 1. The average molecular weight is 411 g/mol. The number of fused-ring (bicyclic) bond motifs is 1. The zero-order valence-electron chi connectivity index (χ0n) is 15.2. The number of rotatable bonds is 5. The summed E-state index contributed by atoms with van der Waals surface area (Å²) in [6.07, 6.45) is 3.35. The van der Waals surface area contributed by atoms with Crippen molar-refractivity contribution in [1.29, 1.82) is 0 Å². The van der Waals surface area contributed by atoms with E-state index in [0.717, 1.165) is 21.7 Å². The van der Waals surface area contributed by atoms with Crippen molar-refractivity contribution in [3.05, 3.63) is 91.7 Å². The Morgan fingerprint density at radius 2 is 1.97 bits per heavy atom. The SMILES string of the molecule is Cc1cccc2nc(CNc3cnn(-c4ccc([N+](=O)[O-])cc4)c(=O)c3Cl)cn12. The summed E-state index contributed by atoms with van der Waals surface area (Å²) in [5.41, 5.74) is 2.83. The van der Waals surface area contributed by atoms with Crippen LogP contribution in [0.1, 0.15) is 11.4 Å². The van der Waals surface area contributed by atoms with Gasteiger partial charge in [-0.05, 0) is 31.2 Å². The summed E-state index contributed by atoms with van der Waals surface area (Å²) in [5, 5.41) is 17.9. The number of nitro groups is 1. The van der Waals surface area contributed by atoms with Gasteiger partial charge in [-0.15, -0.1) is 0 Å². The minimum atomic E-state index is -0.531. The maximum atomic E-state index is 12.6. The molecule has 1 aromatic carbocycles. The second-order valence-electron chi connectivity index (χ2n) is 6.34. The van der Waals surface area contributed by atoms with Crippen LogP contribution < -0.4 is 10.9 Å². The molecule has 0 bridgehead atoms. The Balaban J connectivity index is 1.57. The summed E-state index contributed by atoms with van der Waals surface area (Å²) in [4.78, 5) is 27.4. The highest BCUT2D eigenvalue weighted by Gasteiger charge is 2.13. The first-order chi connectivity index (χ1) is 13.9. The van der Waals surface area contributed by atoms with Crippen molar-refractivity contribution in [3.63, 3.8) is 0 Å². The van der Waals surface area contributed by atoms with E-state index in [1.807, 2.05) is 35.7 Å². The molecule has 4 aromatic rings. The predicted octanol–water partition coefficient (Wildman–Crippen LogP) is 3.36. The van der Waals surface area contributed by atoms with Gasteiger partial charge in [-0.2, -0.15) is 9.78 Å². The number of aromatic nitrogens is 4. The highest BCUT2D eigenvalue weighted by Crippen LogP contribution is 2.19. The molecule has 0 aliphatic carbocycles. The van der Waals surface area contributed by atoms with Crippen molar-refractivity contribution in [1.82, 2.24) is 19.2 Å². The zero-order chi connectivity index (χ0) is 20.5. The summed E-state index contributed by atoms with van der Waals surface area (Å²) >= 11 is 6.23. The lowest BCUT2D eigenvalue weighted by molar-refractivity contribution is -0.384. The number of aryl methyl sites for hydroxylation is 1. The van der Waals surface area contributed by atoms with Crippen molar-refractivity contribution < 1.29 is 4.92 Å².